The van der Waals surface area contributed by atoms with Crippen LogP contribution in [0.25, 0.3) is 0 Å². The fourth-order valence-corrected chi connectivity index (χ4v) is 2.85. The number of thioether (sulfide) groups is 1. The van der Waals surface area contributed by atoms with Crippen molar-refractivity contribution in [1.82, 2.24) is 5.32 Å². The maximum absolute atomic E-state index is 11.9. The van der Waals surface area contributed by atoms with Crippen molar-refractivity contribution in [2.45, 2.75) is 12.5 Å². The number of carbonyl (C=O) groups excluding carboxylic acids is 1. The minimum Gasteiger partial charge on any atom is -0.399 e. The number of amides is 1. The normalized spacial score (nSPS) is 19.6. The Labute approximate surface area is 98.8 Å². The molecule has 1 aromatic carbocycles. The Morgan fingerprint density at radius 1 is 1.44 bits per heavy atom. The van der Waals surface area contributed by atoms with Crippen LogP contribution in [0.15, 0.2) is 18.2 Å². The Bertz CT molecular complexity index is 402. The van der Waals surface area contributed by atoms with Crippen LogP contribution >= 0.6 is 11.8 Å². The zero-order valence-corrected chi connectivity index (χ0v) is 9.72. The second kappa shape index (κ2) is 4.65. The molecule has 0 bridgehead atoms. The van der Waals surface area contributed by atoms with Crippen molar-refractivity contribution in [1.29, 1.82) is 0 Å². The number of hydrogen-bond donors (Lipinski definition) is 3. The van der Waals surface area contributed by atoms with Crippen molar-refractivity contribution in [2.24, 2.45) is 0 Å². The van der Waals surface area contributed by atoms with Crippen molar-refractivity contribution in [3.05, 3.63) is 23.8 Å². The molecule has 2 rings (SSSR count). The highest BCUT2D eigenvalue weighted by Crippen LogP contribution is 2.19. The zero-order valence-electron chi connectivity index (χ0n) is 8.90. The first-order valence-electron chi connectivity index (χ1n) is 5.20. The minimum atomic E-state index is -0.106. The number of rotatable bonds is 2. The van der Waals surface area contributed by atoms with Gasteiger partial charge in [-0.15, -0.1) is 0 Å². The molecule has 86 valence electrons. The van der Waals surface area contributed by atoms with Crippen molar-refractivity contribution >= 4 is 29.0 Å². The van der Waals surface area contributed by atoms with E-state index in [4.69, 9.17) is 11.5 Å². The Balaban J connectivity index is 2.08. The lowest BCUT2D eigenvalue weighted by molar-refractivity contribution is 0.0942. The van der Waals surface area contributed by atoms with Crippen LogP contribution in [0.4, 0.5) is 11.4 Å². The van der Waals surface area contributed by atoms with Gasteiger partial charge in [0, 0.05) is 23.2 Å². The van der Waals surface area contributed by atoms with E-state index in [-0.39, 0.29) is 11.9 Å². The van der Waals surface area contributed by atoms with Gasteiger partial charge in [0.25, 0.3) is 5.91 Å². The van der Waals surface area contributed by atoms with Gasteiger partial charge in [-0.3, -0.25) is 4.79 Å². The van der Waals surface area contributed by atoms with E-state index in [1.165, 1.54) is 0 Å². The second-order valence-electron chi connectivity index (χ2n) is 3.88. The lowest BCUT2D eigenvalue weighted by Gasteiger charge is -2.12. The topological polar surface area (TPSA) is 81.1 Å². The van der Waals surface area contributed by atoms with E-state index in [1.807, 2.05) is 11.8 Å². The molecule has 0 saturated carbocycles. The average Bonchev–Trinajstić information content (AvgIpc) is 2.70. The highest BCUT2D eigenvalue weighted by molar-refractivity contribution is 7.99. The molecule has 1 unspecified atom stereocenters. The molecule has 1 heterocycles. The molecule has 4 nitrogen and oxygen atoms in total. The SMILES string of the molecule is Nc1ccc(C(=O)NC2CCSC2)c(N)c1. The third kappa shape index (κ3) is 2.41. The number of carbonyl (C=O) groups is 1. The van der Waals surface area contributed by atoms with E-state index >= 15 is 0 Å². The summed E-state index contributed by atoms with van der Waals surface area (Å²) in [5, 5.41) is 2.97. The monoisotopic (exact) mass is 237 g/mol. The highest BCUT2D eigenvalue weighted by atomic mass is 32.2. The zero-order chi connectivity index (χ0) is 11.5. The van der Waals surface area contributed by atoms with Gasteiger partial charge in [0.05, 0.1) is 5.56 Å². The van der Waals surface area contributed by atoms with Crippen molar-refractivity contribution in [2.75, 3.05) is 23.0 Å². The van der Waals surface area contributed by atoms with E-state index in [0.717, 1.165) is 17.9 Å². The van der Waals surface area contributed by atoms with Crippen LogP contribution in [-0.2, 0) is 0 Å². The van der Waals surface area contributed by atoms with E-state index in [2.05, 4.69) is 5.32 Å². The molecule has 1 amide bonds. The Morgan fingerprint density at radius 3 is 2.88 bits per heavy atom. The van der Waals surface area contributed by atoms with Gasteiger partial charge in [-0.1, -0.05) is 0 Å². The van der Waals surface area contributed by atoms with Gasteiger partial charge in [0.1, 0.15) is 0 Å². The summed E-state index contributed by atoms with van der Waals surface area (Å²) in [4.78, 5) is 11.9. The number of nitrogens with two attached hydrogens (primary N) is 2. The summed E-state index contributed by atoms with van der Waals surface area (Å²) in [6.07, 6.45) is 1.03. The number of hydrogen-bond acceptors (Lipinski definition) is 4. The number of anilines is 2. The minimum absolute atomic E-state index is 0.106. The molecule has 1 saturated heterocycles. The van der Waals surface area contributed by atoms with Crippen LogP contribution in [0.1, 0.15) is 16.8 Å². The maximum atomic E-state index is 11.9. The van der Waals surface area contributed by atoms with Crippen LogP contribution in [-0.4, -0.2) is 23.5 Å². The molecule has 1 aliphatic heterocycles. The van der Waals surface area contributed by atoms with Gasteiger partial charge >= 0.3 is 0 Å². The fourth-order valence-electron chi connectivity index (χ4n) is 1.70. The largest absolute Gasteiger partial charge is 0.399 e. The lowest BCUT2D eigenvalue weighted by Crippen LogP contribution is -2.34. The van der Waals surface area contributed by atoms with E-state index < -0.39 is 0 Å². The van der Waals surface area contributed by atoms with Gasteiger partial charge < -0.3 is 16.8 Å². The molecule has 5 N–H and O–H groups in total. The molecule has 5 heteroatoms. The van der Waals surface area contributed by atoms with Gasteiger partial charge in [0.15, 0.2) is 0 Å². The Kier molecular flexibility index (Phi) is 3.24. The summed E-state index contributed by atoms with van der Waals surface area (Å²) >= 11 is 1.86. The summed E-state index contributed by atoms with van der Waals surface area (Å²) in [5.41, 5.74) is 12.8. The molecular weight excluding hydrogens is 222 g/mol. The third-order valence-electron chi connectivity index (χ3n) is 2.59. The molecule has 1 atom stereocenters. The van der Waals surface area contributed by atoms with Crippen LogP contribution in [0.2, 0.25) is 0 Å². The first-order valence-corrected chi connectivity index (χ1v) is 6.36. The lowest BCUT2D eigenvalue weighted by atomic mass is 10.1. The van der Waals surface area contributed by atoms with Gasteiger partial charge in [0.2, 0.25) is 0 Å². The van der Waals surface area contributed by atoms with Crippen LogP contribution in [0.5, 0.6) is 0 Å². The number of nitrogen functional groups attached to an aromatic ring is 2. The molecule has 1 fully saturated rings. The predicted octanol–water partition coefficient (Wildman–Crippen LogP) is 1.09. The number of nitrogens with one attached hydrogen (secondary N) is 1. The average molecular weight is 237 g/mol. The summed E-state index contributed by atoms with van der Waals surface area (Å²) in [5.74, 6) is 1.99. The smallest absolute Gasteiger partial charge is 0.253 e. The second-order valence-corrected chi connectivity index (χ2v) is 5.03. The van der Waals surface area contributed by atoms with Crippen molar-refractivity contribution in [3.8, 4) is 0 Å². The molecule has 1 aromatic rings. The van der Waals surface area contributed by atoms with Gasteiger partial charge in [-0.2, -0.15) is 11.8 Å². The third-order valence-corrected chi connectivity index (χ3v) is 3.75. The van der Waals surface area contributed by atoms with Crippen LogP contribution in [0, 0.1) is 0 Å². The maximum Gasteiger partial charge on any atom is 0.253 e. The Morgan fingerprint density at radius 2 is 2.25 bits per heavy atom. The van der Waals surface area contributed by atoms with Crippen molar-refractivity contribution in [3.63, 3.8) is 0 Å². The summed E-state index contributed by atoms with van der Waals surface area (Å²) in [6, 6.07) is 5.24. The molecule has 1 aliphatic rings. The molecule has 0 aromatic heterocycles. The summed E-state index contributed by atoms with van der Waals surface area (Å²) < 4.78 is 0. The quantitative estimate of drug-likeness (QED) is 0.672. The molecular formula is C11H15N3OS. The molecule has 0 spiro atoms. The fraction of sp³-hybridized carbons (Fsp3) is 0.364. The van der Waals surface area contributed by atoms with Gasteiger partial charge in [-0.05, 0) is 30.4 Å². The standard InChI is InChI=1S/C11H15N3OS/c12-7-1-2-9(10(13)5-7)11(15)14-8-3-4-16-6-8/h1-2,5,8H,3-4,6,12-13H2,(H,14,15). The van der Waals surface area contributed by atoms with Crippen LogP contribution < -0.4 is 16.8 Å². The summed E-state index contributed by atoms with van der Waals surface area (Å²) in [7, 11) is 0. The highest BCUT2D eigenvalue weighted by Gasteiger charge is 2.19. The van der Waals surface area contributed by atoms with Crippen molar-refractivity contribution < 1.29 is 4.79 Å². The molecule has 16 heavy (non-hydrogen) atoms. The van der Waals surface area contributed by atoms with Gasteiger partial charge in [-0.25, -0.2) is 0 Å². The van der Waals surface area contributed by atoms with E-state index in [9.17, 15) is 4.79 Å². The molecule has 0 radical (unpaired) electrons. The molecule has 0 aliphatic carbocycles. The number of benzene rings is 1. The van der Waals surface area contributed by atoms with E-state index in [0.29, 0.717) is 16.9 Å². The van der Waals surface area contributed by atoms with Crippen LogP contribution in [0.3, 0.4) is 0 Å². The first-order chi connectivity index (χ1) is 7.66. The van der Waals surface area contributed by atoms with E-state index in [1.54, 1.807) is 18.2 Å². The summed E-state index contributed by atoms with van der Waals surface area (Å²) in [6.45, 7) is 0. The Hall–Kier alpha value is -1.36. The first kappa shape index (κ1) is 11.1. The predicted molar refractivity (Wildman–Crippen MR) is 68.5 cm³/mol.